The molecule has 0 aliphatic carbocycles. The Morgan fingerprint density at radius 3 is 2.68 bits per heavy atom. The molecule has 1 aromatic heterocycles. The summed E-state index contributed by atoms with van der Waals surface area (Å²) in [6, 6.07) is 13.1. The van der Waals surface area contributed by atoms with E-state index in [1.165, 1.54) is 25.6 Å². The van der Waals surface area contributed by atoms with E-state index < -0.39 is 0 Å². The van der Waals surface area contributed by atoms with Crippen LogP contribution in [0.1, 0.15) is 28.8 Å². The first-order valence-electron chi connectivity index (χ1n) is 9.91. The second kappa shape index (κ2) is 7.02. The van der Waals surface area contributed by atoms with Crippen LogP contribution >= 0.6 is 0 Å². The smallest absolute Gasteiger partial charge is 0.253 e. The number of carbonyl (C=O) groups is 1. The molecular formula is C22H23FN4O. The molecule has 2 aromatic carbocycles. The summed E-state index contributed by atoms with van der Waals surface area (Å²) < 4.78 is 15.9. The Kier molecular flexibility index (Phi) is 4.36. The summed E-state index contributed by atoms with van der Waals surface area (Å²) in [6.07, 6.45) is 4.01. The van der Waals surface area contributed by atoms with Gasteiger partial charge in [0, 0.05) is 31.2 Å². The van der Waals surface area contributed by atoms with Crippen molar-refractivity contribution in [2.45, 2.75) is 25.4 Å². The van der Waals surface area contributed by atoms with Gasteiger partial charge in [-0.1, -0.05) is 18.2 Å². The van der Waals surface area contributed by atoms with Crippen LogP contribution in [-0.4, -0.2) is 57.5 Å². The van der Waals surface area contributed by atoms with Crippen LogP contribution in [0, 0.1) is 5.82 Å². The molecule has 0 bridgehead atoms. The van der Waals surface area contributed by atoms with Crippen molar-refractivity contribution in [2.24, 2.45) is 0 Å². The van der Waals surface area contributed by atoms with Crippen molar-refractivity contribution >= 4 is 16.9 Å². The Morgan fingerprint density at radius 1 is 1.11 bits per heavy atom. The maximum Gasteiger partial charge on any atom is 0.253 e. The average Bonchev–Trinajstić information content (AvgIpc) is 3.29. The van der Waals surface area contributed by atoms with Crippen molar-refractivity contribution < 1.29 is 9.18 Å². The van der Waals surface area contributed by atoms with Crippen molar-refractivity contribution in [3.8, 4) is 0 Å². The fraction of sp³-hybridized carbons (Fsp3) is 0.364. The van der Waals surface area contributed by atoms with Crippen molar-refractivity contribution in [1.29, 1.82) is 0 Å². The van der Waals surface area contributed by atoms with E-state index in [-0.39, 0.29) is 11.7 Å². The SMILES string of the molecule is O=C(c1ccc(Cn2cnc3cccc(F)c32)cc1)N1CC[C@H](N2CCC2)C1. The zero-order valence-electron chi connectivity index (χ0n) is 15.7. The van der Waals surface area contributed by atoms with Gasteiger partial charge < -0.3 is 9.47 Å². The number of carbonyl (C=O) groups excluding carboxylic acids is 1. The second-order valence-electron chi connectivity index (χ2n) is 7.76. The first-order chi connectivity index (χ1) is 13.7. The van der Waals surface area contributed by atoms with E-state index in [0.717, 1.165) is 30.6 Å². The van der Waals surface area contributed by atoms with Crippen LogP contribution in [0.4, 0.5) is 4.39 Å². The molecule has 5 nitrogen and oxygen atoms in total. The van der Waals surface area contributed by atoms with E-state index in [2.05, 4.69) is 9.88 Å². The predicted molar refractivity (Wildman–Crippen MR) is 106 cm³/mol. The normalized spacial score (nSPS) is 19.9. The number of imidazole rings is 1. The number of rotatable bonds is 4. The number of halogens is 1. The highest BCUT2D eigenvalue weighted by molar-refractivity contribution is 5.94. The monoisotopic (exact) mass is 378 g/mol. The topological polar surface area (TPSA) is 41.4 Å². The summed E-state index contributed by atoms with van der Waals surface area (Å²) in [5.41, 5.74) is 2.89. The largest absolute Gasteiger partial charge is 0.337 e. The van der Waals surface area contributed by atoms with Gasteiger partial charge >= 0.3 is 0 Å². The quantitative estimate of drug-likeness (QED) is 0.700. The van der Waals surface area contributed by atoms with Crippen molar-refractivity contribution in [3.05, 3.63) is 65.7 Å². The molecule has 144 valence electrons. The molecule has 0 spiro atoms. The minimum absolute atomic E-state index is 0.105. The van der Waals surface area contributed by atoms with Gasteiger partial charge in [-0.15, -0.1) is 0 Å². The molecule has 0 saturated carbocycles. The molecule has 3 heterocycles. The number of aromatic nitrogens is 2. The number of likely N-dealkylation sites (tertiary alicyclic amines) is 2. The van der Waals surface area contributed by atoms with E-state index in [1.807, 2.05) is 29.2 Å². The molecule has 2 saturated heterocycles. The van der Waals surface area contributed by atoms with Crippen LogP contribution in [0.5, 0.6) is 0 Å². The number of para-hydroxylation sites is 1. The summed E-state index contributed by atoms with van der Waals surface area (Å²) >= 11 is 0. The summed E-state index contributed by atoms with van der Waals surface area (Å²) in [7, 11) is 0. The number of benzene rings is 2. The van der Waals surface area contributed by atoms with Gasteiger partial charge in [0.2, 0.25) is 0 Å². The molecule has 6 heteroatoms. The molecule has 5 rings (SSSR count). The summed E-state index contributed by atoms with van der Waals surface area (Å²) in [4.78, 5) is 21.5. The zero-order chi connectivity index (χ0) is 19.1. The van der Waals surface area contributed by atoms with Crippen LogP contribution in [0.15, 0.2) is 48.8 Å². The Labute approximate surface area is 163 Å². The standard InChI is InChI=1S/C22H23FN4O/c23-19-3-1-4-20-21(19)27(15-24-20)13-16-5-7-17(8-6-16)22(28)26-12-9-18(14-26)25-10-2-11-25/h1,3-8,15,18H,2,9-14H2/t18-/m0/s1. The number of hydrogen-bond donors (Lipinski definition) is 0. The van der Waals surface area contributed by atoms with E-state index in [1.54, 1.807) is 23.0 Å². The Hall–Kier alpha value is -2.73. The fourth-order valence-electron chi connectivity index (χ4n) is 4.26. The lowest BCUT2D eigenvalue weighted by atomic mass is 10.1. The van der Waals surface area contributed by atoms with Crippen molar-refractivity contribution in [2.75, 3.05) is 26.2 Å². The molecule has 0 unspecified atom stereocenters. The number of amides is 1. The van der Waals surface area contributed by atoms with Gasteiger partial charge in [0.15, 0.2) is 0 Å². The van der Waals surface area contributed by atoms with Crippen LogP contribution in [0.25, 0.3) is 11.0 Å². The van der Waals surface area contributed by atoms with Gasteiger partial charge in [0.05, 0.1) is 11.8 Å². The molecule has 1 atom stereocenters. The summed E-state index contributed by atoms with van der Waals surface area (Å²) in [5.74, 6) is -0.165. The molecule has 0 N–H and O–H groups in total. The van der Waals surface area contributed by atoms with Crippen LogP contribution in [0.2, 0.25) is 0 Å². The number of hydrogen-bond acceptors (Lipinski definition) is 3. The number of nitrogens with zero attached hydrogens (tertiary/aromatic N) is 4. The molecule has 2 aliphatic heterocycles. The maximum absolute atomic E-state index is 14.1. The van der Waals surface area contributed by atoms with Gasteiger partial charge in [-0.2, -0.15) is 0 Å². The van der Waals surface area contributed by atoms with Crippen molar-refractivity contribution in [3.63, 3.8) is 0 Å². The lowest BCUT2D eigenvalue weighted by Gasteiger charge is -2.36. The fourth-order valence-corrected chi connectivity index (χ4v) is 4.26. The molecule has 2 aliphatic rings. The Morgan fingerprint density at radius 2 is 1.93 bits per heavy atom. The molecule has 1 amide bonds. The third kappa shape index (κ3) is 3.07. The minimum atomic E-state index is -0.271. The maximum atomic E-state index is 14.1. The zero-order valence-corrected chi connectivity index (χ0v) is 15.7. The van der Waals surface area contributed by atoms with Crippen LogP contribution in [0.3, 0.4) is 0 Å². The molecule has 2 fully saturated rings. The van der Waals surface area contributed by atoms with Gasteiger partial charge in [-0.05, 0) is 55.8 Å². The van der Waals surface area contributed by atoms with E-state index >= 15 is 0 Å². The first kappa shape index (κ1) is 17.4. The second-order valence-corrected chi connectivity index (χ2v) is 7.76. The highest BCUT2D eigenvalue weighted by Gasteiger charge is 2.32. The highest BCUT2D eigenvalue weighted by atomic mass is 19.1. The van der Waals surface area contributed by atoms with E-state index in [4.69, 9.17) is 0 Å². The third-order valence-corrected chi connectivity index (χ3v) is 6.00. The van der Waals surface area contributed by atoms with Gasteiger partial charge in [-0.3, -0.25) is 9.69 Å². The molecule has 28 heavy (non-hydrogen) atoms. The summed E-state index contributed by atoms with van der Waals surface area (Å²) in [6.45, 7) is 4.53. The third-order valence-electron chi connectivity index (χ3n) is 6.00. The average molecular weight is 378 g/mol. The van der Waals surface area contributed by atoms with Crippen molar-refractivity contribution in [1.82, 2.24) is 19.4 Å². The van der Waals surface area contributed by atoms with Gasteiger partial charge in [-0.25, -0.2) is 9.37 Å². The minimum Gasteiger partial charge on any atom is -0.337 e. The van der Waals surface area contributed by atoms with E-state index in [0.29, 0.717) is 23.6 Å². The van der Waals surface area contributed by atoms with Crippen LogP contribution in [-0.2, 0) is 6.54 Å². The van der Waals surface area contributed by atoms with E-state index in [9.17, 15) is 9.18 Å². The number of fused-ring (bicyclic) bond motifs is 1. The van der Waals surface area contributed by atoms with Gasteiger partial charge in [0.1, 0.15) is 11.3 Å². The first-order valence-corrected chi connectivity index (χ1v) is 9.91. The predicted octanol–water partition coefficient (Wildman–Crippen LogP) is 3.14. The summed E-state index contributed by atoms with van der Waals surface area (Å²) in [5, 5.41) is 0. The Bertz CT molecular complexity index is 1010. The molecule has 0 radical (unpaired) electrons. The van der Waals surface area contributed by atoms with Crippen LogP contribution < -0.4 is 0 Å². The molecular weight excluding hydrogens is 355 g/mol. The Balaban J connectivity index is 1.28. The lowest BCUT2D eigenvalue weighted by molar-refractivity contribution is 0.0752. The highest BCUT2D eigenvalue weighted by Crippen LogP contribution is 2.23. The van der Waals surface area contributed by atoms with Gasteiger partial charge in [0.25, 0.3) is 5.91 Å². The lowest BCUT2D eigenvalue weighted by Crippen LogP contribution is -2.46. The molecule has 3 aromatic rings.